The van der Waals surface area contributed by atoms with Gasteiger partial charge >= 0.3 is 0 Å². The van der Waals surface area contributed by atoms with E-state index in [0.717, 1.165) is 12.0 Å². The van der Waals surface area contributed by atoms with Crippen LogP contribution in [0.3, 0.4) is 0 Å². The third-order valence-corrected chi connectivity index (χ3v) is 4.65. The summed E-state index contributed by atoms with van der Waals surface area (Å²) >= 11 is 0. The van der Waals surface area contributed by atoms with Crippen molar-refractivity contribution in [2.24, 2.45) is 5.10 Å². The van der Waals surface area contributed by atoms with Crippen molar-refractivity contribution in [3.63, 3.8) is 0 Å². The van der Waals surface area contributed by atoms with Crippen molar-refractivity contribution in [2.45, 2.75) is 12.8 Å². The van der Waals surface area contributed by atoms with E-state index in [4.69, 9.17) is 9.47 Å². The van der Waals surface area contributed by atoms with Gasteiger partial charge in [-0.3, -0.25) is 4.79 Å². The van der Waals surface area contributed by atoms with Crippen LogP contribution in [0.4, 0.5) is 0 Å². The highest BCUT2D eigenvalue weighted by atomic mass is 16.5. The largest absolute Gasteiger partial charge is 0.507 e. The highest BCUT2D eigenvalue weighted by Gasteiger charge is 2.13. The Kier molecular flexibility index (Phi) is 7.05. The number of aromatic hydroxyl groups is 1. The molecular formula is C24H24N2O4. The number of nitrogens with zero attached hydrogens (tertiary/aromatic N) is 1. The minimum atomic E-state index is -0.386. The Morgan fingerprint density at radius 3 is 2.33 bits per heavy atom. The average molecular weight is 404 g/mol. The molecular weight excluding hydrogens is 380 g/mol. The number of nitrogens with one attached hydrogen (secondary N) is 1. The molecule has 0 unspecified atom stereocenters. The fraction of sp³-hybridized carbons (Fsp3) is 0.167. The minimum Gasteiger partial charge on any atom is -0.507 e. The molecule has 154 valence electrons. The lowest BCUT2D eigenvalue weighted by Gasteiger charge is -2.11. The number of amides is 1. The average Bonchev–Trinajstić information content (AvgIpc) is 2.79. The summed E-state index contributed by atoms with van der Waals surface area (Å²) in [5, 5.41) is 14.6. The molecule has 0 aliphatic rings. The molecule has 6 heteroatoms. The van der Waals surface area contributed by atoms with Gasteiger partial charge in [-0.1, -0.05) is 42.5 Å². The molecule has 6 nitrogen and oxygen atoms in total. The summed E-state index contributed by atoms with van der Waals surface area (Å²) in [7, 11) is 3.05. The number of benzene rings is 3. The van der Waals surface area contributed by atoms with E-state index in [0.29, 0.717) is 34.8 Å². The number of phenolic OH excluding ortho intramolecular Hbond substituents is 1. The fourth-order valence-electron chi connectivity index (χ4n) is 3.04. The summed E-state index contributed by atoms with van der Waals surface area (Å²) in [4.78, 5) is 12.6. The van der Waals surface area contributed by atoms with Crippen LogP contribution in [0, 0.1) is 0 Å². The minimum absolute atomic E-state index is 0.115. The van der Waals surface area contributed by atoms with Gasteiger partial charge in [0.1, 0.15) is 5.75 Å². The van der Waals surface area contributed by atoms with Crippen molar-refractivity contribution < 1.29 is 19.4 Å². The molecule has 0 saturated heterocycles. The number of hydrogen-bond acceptors (Lipinski definition) is 5. The number of hydrogen-bond donors (Lipinski definition) is 2. The first kappa shape index (κ1) is 20.9. The summed E-state index contributed by atoms with van der Waals surface area (Å²) in [5.74, 6) is 0.725. The van der Waals surface area contributed by atoms with Gasteiger partial charge in [0.05, 0.1) is 19.9 Å². The first-order chi connectivity index (χ1) is 14.6. The van der Waals surface area contributed by atoms with Crippen LogP contribution in [0.1, 0.15) is 27.9 Å². The summed E-state index contributed by atoms with van der Waals surface area (Å²) in [6.45, 7) is 0. The van der Waals surface area contributed by atoms with Crippen molar-refractivity contribution in [1.29, 1.82) is 0 Å². The Morgan fingerprint density at radius 2 is 1.63 bits per heavy atom. The zero-order valence-electron chi connectivity index (χ0n) is 17.0. The number of carbonyl (C=O) groups is 1. The zero-order valence-corrected chi connectivity index (χ0v) is 17.0. The predicted octanol–water partition coefficient (Wildman–Crippen LogP) is 4.18. The van der Waals surface area contributed by atoms with E-state index in [-0.39, 0.29) is 11.7 Å². The zero-order chi connectivity index (χ0) is 21.3. The van der Waals surface area contributed by atoms with Gasteiger partial charge in [0, 0.05) is 11.1 Å². The topological polar surface area (TPSA) is 80.2 Å². The second-order valence-electron chi connectivity index (χ2n) is 6.57. The van der Waals surface area contributed by atoms with Crippen molar-refractivity contribution in [1.82, 2.24) is 5.43 Å². The number of aryl methyl sites for hydroxylation is 1. The number of rotatable bonds is 8. The Labute approximate surface area is 175 Å². The number of phenols is 1. The van der Waals surface area contributed by atoms with E-state index in [1.807, 2.05) is 36.4 Å². The SMILES string of the molecule is COc1ccc(C(=O)N/N=C(\CCc2ccccc2)c2ccccc2O)cc1OC. The second kappa shape index (κ2) is 10.1. The fourth-order valence-corrected chi connectivity index (χ4v) is 3.04. The highest BCUT2D eigenvalue weighted by molar-refractivity contribution is 6.04. The lowest BCUT2D eigenvalue weighted by Crippen LogP contribution is -2.20. The molecule has 0 heterocycles. The molecule has 3 rings (SSSR count). The quantitative estimate of drug-likeness (QED) is 0.436. The number of hydrazone groups is 1. The van der Waals surface area contributed by atoms with Crippen LogP contribution in [0.2, 0.25) is 0 Å². The van der Waals surface area contributed by atoms with Crippen LogP contribution in [0.5, 0.6) is 17.2 Å². The first-order valence-corrected chi connectivity index (χ1v) is 9.53. The van der Waals surface area contributed by atoms with E-state index in [1.165, 1.54) is 14.2 Å². The molecule has 0 bridgehead atoms. The maximum atomic E-state index is 12.6. The third kappa shape index (κ3) is 5.17. The summed E-state index contributed by atoms with van der Waals surface area (Å²) in [5.41, 5.74) is 5.29. The Balaban J connectivity index is 1.82. The van der Waals surface area contributed by atoms with Gasteiger partial charge in [-0.25, -0.2) is 5.43 Å². The van der Waals surface area contributed by atoms with Gasteiger partial charge in [0.15, 0.2) is 11.5 Å². The Bertz CT molecular complexity index is 1030. The summed E-state index contributed by atoms with van der Waals surface area (Å²) in [6.07, 6.45) is 1.27. The predicted molar refractivity (Wildman–Crippen MR) is 116 cm³/mol. The lowest BCUT2D eigenvalue weighted by atomic mass is 10.0. The van der Waals surface area contributed by atoms with Crippen molar-refractivity contribution in [3.8, 4) is 17.2 Å². The number of para-hydroxylation sites is 1. The third-order valence-electron chi connectivity index (χ3n) is 4.65. The van der Waals surface area contributed by atoms with Crippen LogP contribution in [-0.2, 0) is 6.42 Å². The number of methoxy groups -OCH3 is 2. The van der Waals surface area contributed by atoms with Crippen LogP contribution in [0.25, 0.3) is 0 Å². The molecule has 1 amide bonds. The first-order valence-electron chi connectivity index (χ1n) is 9.53. The van der Waals surface area contributed by atoms with Gasteiger partial charge in [0.2, 0.25) is 0 Å². The molecule has 0 aliphatic heterocycles. The maximum absolute atomic E-state index is 12.6. The van der Waals surface area contributed by atoms with E-state index in [9.17, 15) is 9.90 Å². The molecule has 0 radical (unpaired) electrons. The number of carbonyl (C=O) groups excluding carboxylic acids is 1. The van der Waals surface area contributed by atoms with E-state index < -0.39 is 0 Å². The molecule has 0 atom stereocenters. The van der Waals surface area contributed by atoms with Crippen LogP contribution >= 0.6 is 0 Å². The Morgan fingerprint density at radius 1 is 0.933 bits per heavy atom. The van der Waals surface area contributed by atoms with Crippen LogP contribution in [0.15, 0.2) is 77.9 Å². The van der Waals surface area contributed by atoms with Crippen molar-refractivity contribution >= 4 is 11.6 Å². The van der Waals surface area contributed by atoms with Gasteiger partial charge < -0.3 is 14.6 Å². The molecule has 0 fully saturated rings. The van der Waals surface area contributed by atoms with E-state index in [1.54, 1.807) is 36.4 Å². The Hall–Kier alpha value is -3.80. The molecule has 3 aromatic carbocycles. The molecule has 3 aromatic rings. The van der Waals surface area contributed by atoms with Crippen molar-refractivity contribution in [2.75, 3.05) is 14.2 Å². The van der Waals surface area contributed by atoms with Crippen molar-refractivity contribution in [3.05, 3.63) is 89.5 Å². The van der Waals surface area contributed by atoms with Crippen LogP contribution < -0.4 is 14.9 Å². The van der Waals surface area contributed by atoms with Gasteiger partial charge in [-0.05, 0) is 48.7 Å². The molecule has 0 aliphatic carbocycles. The van der Waals surface area contributed by atoms with Crippen LogP contribution in [-0.4, -0.2) is 30.9 Å². The standard InChI is InChI=1S/C24H24N2O4/c1-29-22-15-13-18(16-23(22)30-2)24(28)26-25-20(19-10-6-7-11-21(19)27)14-12-17-8-4-3-5-9-17/h3-11,13,15-16,27H,12,14H2,1-2H3,(H,26,28)/b25-20+. The molecule has 0 aromatic heterocycles. The highest BCUT2D eigenvalue weighted by Crippen LogP contribution is 2.27. The normalized spacial score (nSPS) is 11.1. The smallest absolute Gasteiger partial charge is 0.271 e. The van der Waals surface area contributed by atoms with Gasteiger partial charge in [0.25, 0.3) is 5.91 Å². The molecule has 2 N–H and O–H groups in total. The monoisotopic (exact) mass is 404 g/mol. The summed E-state index contributed by atoms with van der Waals surface area (Å²) in [6, 6.07) is 21.8. The van der Waals surface area contributed by atoms with E-state index in [2.05, 4.69) is 10.5 Å². The van der Waals surface area contributed by atoms with E-state index >= 15 is 0 Å². The second-order valence-corrected chi connectivity index (χ2v) is 6.57. The van der Waals surface area contributed by atoms with Gasteiger partial charge in [-0.2, -0.15) is 5.10 Å². The summed E-state index contributed by atoms with van der Waals surface area (Å²) < 4.78 is 10.5. The van der Waals surface area contributed by atoms with Gasteiger partial charge in [-0.15, -0.1) is 0 Å². The molecule has 30 heavy (non-hydrogen) atoms. The molecule has 0 spiro atoms. The lowest BCUT2D eigenvalue weighted by molar-refractivity contribution is 0.0954. The molecule has 0 saturated carbocycles. The number of ether oxygens (including phenoxy) is 2. The maximum Gasteiger partial charge on any atom is 0.271 e.